The van der Waals surface area contributed by atoms with Crippen LogP contribution in [-0.2, 0) is 6.42 Å². The van der Waals surface area contributed by atoms with Gasteiger partial charge in [-0.1, -0.05) is 12.1 Å². The molecule has 0 unspecified atom stereocenters. The summed E-state index contributed by atoms with van der Waals surface area (Å²) < 4.78 is 5.30. The van der Waals surface area contributed by atoms with Crippen LogP contribution in [-0.4, -0.2) is 17.7 Å². The quantitative estimate of drug-likeness (QED) is 0.695. The molecule has 24 heavy (non-hydrogen) atoms. The van der Waals surface area contributed by atoms with E-state index in [4.69, 9.17) is 4.74 Å². The number of ether oxygens (including phenoxy) is 1. The van der Waals surface area contributed by atoms with Gasteiger partial charge in [-0.3, -0.25) is 10.1 Å². The number of aryl methyl sites for hydroxylation is 1. The number of nitro benzene ring substituents is 1. The van der Waals surface area contributed by atoms with Gasteiger partial charge in [0.1, 0.15) is 5.75 Å². The second-order valence-electron chi connectivity index (χ2n) is 6.12. The van der Waals surface area contributed by atoms with Gasteiger partial charge in [0, 0.05) is 23.6 Å². The standard InChI is InChI=1S/C18H17N3O3/c1-24-14-7-9-15-12(10-14)4-8-16-17(19-20-18(15)16)11-2-5-13(6-3-11)21(22)23/h2-3,5-7,9-10,16-17,19H,4,8H2,1H3/t16-,17+/m0/s1. The minimum Gasteiger partial charge on any atom is -0.497 e. The largest absolute Gasteiger partial charge is 0.497 e. The molecule has 0 spiro atoms. The molecule has 1 N–H and O–H groups in total. The Morgan fingerprint density at radius 3 is 2.75 bits per heavy atom. The molecule has 4 rings (SSSR count). The number of benzene rings is 2. The third kappa shape index (κ3) is 2.31. The number of rotatable bonds is 3. The van der Waals surface area contributed by atoms with Crippen LogP contribution in [0.25, 0.3) is 0 Å². The Kier molecular flexibility index (Phi) is 3.45. The zero-order valence-electron chi connectivity index (χ0n) is 13.2. The number of hydrogen-bond acceptors (Lipinski definition) is 5. The molecule has 2 atom stereocenters. The smallest absolute Gasteiger partial charge is 0.269 e. The van der Waals surface area contributed by atoms with Gasteiger partial charge < -0.3 is 10.2 Å². The number of nitrogens with one attached hydrogen (secondary N) is 1. The molecule has 122 valence electrons. The first-order chi connectivity index (χ1) is 11.7. The van der Waals surface area contributed by atoms with Gasteiger partial charge in [0.25, 0.3) is 5.69 Å². The molecule has 2 aromatic rings. The van der Waals surface area contributed by atoms with Crippen LogP contribution >= 0.6 is 0 Å². The maximum Gasteiger partial charge on any atom is 0.269 e. The van der Waals surface area contributed by atoms with Crippen molar-refractivity contribution in [3.63, 3.8) is 0 Å². The lowest BCUT2D eigenvalue weighted by Crippen LogP contribution is -2.26. The summed E-state index contributed by atoms with van der Waals surface area (Å²) in [4.78, 5) is 10.4. The molecule has 2 aromatic carbocycles. The first-order valence-corrected chi connectivity index (χ1v) is 7.92. The van der Waals surface area contributed by atoms with Crippen molar-refractivity contribution >= 4 is 11.4 Å². The van der Waals surface area contributed by atoms with Crippen LogP contribution in [0.3, 0.4) is 0 Å². The lowest BCUT2D eigenvalue weighted by molar-refractivity contribution is -0.384. The maximum atomic E-state index is 10.8. The van der Waals surface area contributed by atoms with E-state index in [1.807, 2.05) is 18.2 Å². The summed E-state index contributed by atoms with van der Waals surface area (Å²) in [6, 6.07) is 12.9. The van der Waals surface area contributed by atoms with Gasteiger partial charge in [0.05, 0.1) is 23.8 Å². The fourth-order valence-corrected chi connectivity index (χ4v) is 3.61. The van der Waals surface area contributed by atoms with E-state index >= 15 is 0 Å². The number of fused-ring (bicyclic) bond motifs is 3. The van der Waals surface area contributed by atoms with E-state index in [9.17, 15) is 10.1 Å². The first-order valence-electron chi connectivity index (χ1n) is 7.92. The van der Waals surface area contributed by atoms with Crippen LogP contribution in [0.4, 0.5) is 5.69 Å². The van der Waals surface area contributed by atoms with Crippen LogP contribution in [0, 0.1) is 16.0 Å². The highest BCUT2D eigenvalue weighted by Crippen LogP contribution is 2.39. The lowest BCUT2D eigenvalue weighted by Gasteiger charge is -2.26. The summed E-state index contributed by atoms with van der Waals surface area (Å²) in [7, 11) is 1.67. The van der Waals surface area contributed by atoms with Crippen LogP contribution in [0.5, 0.6) is 5.75 Å². The van der Waals surface area contributed by atoms with Crippen LogP contribution in [0.2, 0.25) is 0 Å². The van der Waals surface area contributed by atoms with Crippen molar-refractivity contribution in [3.05, 3.63) is 69.3 Å². The molecule has 6 heteroatoms. The molecule has 0 saturated heterocycles. The predicted molar refractivity (Wildman–Crippen MR) is 90.3 cm³/mol. The first kappa shape index (κ1) is 14.7. The number of non-ortho nitro benzene ring substituents is 1. The van der Waals surface area contributed by atoms with Gasteiger partial charge in [0.2, 0.25) is 0 Å². The Labute approximate surface area is 139 Å². The van der Waals surface area contributed by atoms with E-state index in [0.29, 0.717) is 0 Å². The van der Waals surface area contributed by atoms with Crippen molar-refractivity contribution in [2.24, 2.45) is 11.0 Å². The summed E-state index contributed by atoms with van der Waals surface area (Å²) in [5.74, 6) is 1.15. The zero-order chi connectivity index (χ0) is 16.7. The Morgan fingerprint density at radius 2 is 2.04 bits per heavy atom. The van der Waals surface area contributed by atoms with Crippen molar-refractivity contribution < 1.29 is 9.66 Å². The minimum atomic E-state index is -0.377. The van der Waals surface area contributed by atoms with Crippen molar-refractivity contribution in [1.82, 2.24) is 5.43 Å². The monoisotopic (exact) mass is 323 g/mol. The Morgan fingerprint density at radius 1 is 1.25 bits per heavy atom. The highest BCUT2D eigenvalue weighted by atomic mass is 16.6. The molecule has 0 aromatic heterocycles. The molecule has 0 bridgehead atoms. The van der Waals surface area contributed by atoms with Crippen molar-refractivity contribution in [2.75, 3.05) is 7.11 Å². The average molecular weight is 323 g/mol. The highest BCUT2D eigenvalue weighted by molar-refractivity contribution is 6.05. The number of methoxy groups -OCH3 is 1. The summed E-state index contributed by atoms with van der Waals surface area (Å²) in [5, 5.41) is 15.4. The normalized spacial score (nSPS) is 21.3. The van der Waals surface area contributed by atoms with Crippen LogP contribution in [0.15, 0.2) is 47.6 Å². The SMILES string of the molecule is COc1ccc2c(c1)CC[C@@H]1C2=NN[C@@H]1c1ccc([N+](=O)[O-])cc1. The molecule has 2 aliphatic rings. The van der Waals surface area contributed by atoms with Gasteiger partial charge in [-0.25, -0.2) is 0 Å². The molecule has 0 radical (unpaired) electrons. The van der Waals surface area contributed by atoms with E-state index < -0.39 is 0 Å². The molecule has 1 aliphatic heterocycles. The fraction of sp³-hybridized carbons (Fsp3) is 0.278. The van der Waals surface area contributed by atoms with E-state index in [1.165, 1.54) is 11.1 Å². The number of nitro groups is 1. The zero-order valence-corrected chi connectivity index (χ0v) is 13.2. The second kappa shape index (κ2) is 5.63. The molecule has 0 saturated carbocycles. The summed E-state index contributed by atoms with van der Waals surface area (Å²) in [6.45, 7) is 0. The fourth-order valence-electron chi connectivity index (χ4n) is 3.61. The number of hydrogen-bond donors (Lipinski definition) is 1. The van der Waals surface area contributed by atoms with Gasteiger partial charge in [-0.05, 0) is 42.2 Å². The average Bonchev–Trinajstić information content (AvgIpc) is 3.05. The van der Waals surface area contributed by atoms with Gasteiger partial charge >= 0.3 is 0 Å². The van der Waals surface area contributed by atoms with E-state index in [-0.39, 0.29) is 22.6 Å². The molecule has 0 amide bonds. The van der Waals surface area contributed by atoms with Crippen molar-refractivity contribution in [1.29, 1.82) is 0 Å². The van der Waals surface area contributed by atoms with Crippen molar-refractivity contribution in [3.8, 4) is 5.75 Å². The molecule has 1 aliphatic carbocycles. The minimum absolute atomic E-state index is 0.0658. The predicted octanol–water partition coefficient (Wildman–Crippen LogP) is 3.21. The summed E-state index contributed by atoms with van der Waals surface area (Å²) in [6.07, 6.45) is 1.97. The third-order valence-corrected chi connectivity index (χ3v) is 4.85. The lowest BCUT2D eigenvalue weighted by atomic mass is 9.77. The van der Waals surface area contributed by atoms with Crippen molar-refractivity contribution in [2.45, 2.75) is 18.9 Å². The Balaban J connectivity index is 1.62. The van der Waals surface area contributed by atoms with E-state index in [1.54, 1.807) is 19.2 Å². The number of hydrazone groups is 1. The second-order valence-corrected chi connectivity index (χ2v) is 6.12. The Bertz CT molecular complexity index is 830. The van der Waals surface area contributed by atoms with Gasteiger partial charge in [0.15, 0.2) is 0 Å². The van der Waals surface area contributed by atoms with Crippen LogP contribution < -0.4 is 10.2 Å². The van der Waals surface area contributed by atoms with Crippen LogP contribution in [0.1, 0.15) is 29.2 Å². The molecule has 1 heterocycles. The van der Waals surface area contributed by atoms with E-state index in [0.717, 1.165) is 29.9 Å². The highest BCUT2D eigenvalue weighted by Gasteiger charge is 2.37. The molecule has 0 fully saturated rings. The summed E-state index contributed by atoms with van der Waals surface area (Å²) >= 11 is 0. The third-order valence-electron chi connectivity index (χ3n) is 4.85. The van der Waals surface area contributed by atoms with E-state index in [2.05, 4.69) is 22.7 Å². The topological polar surface area (TPSA) is 76.8 Å². The van der Waals surface area contributed by atoms with Gasteiger partial charge in [-0.15, -0.1) is 0 Å². The van der Waals surface area contributed by atoms with Gasteiger partial charge in [-0.2, -0.15) is 5.10 Å². The summed E-state index contributed by atoms with van der Waals surface area (Å²) in [5.41, 5.74) is 7.86. The molecular formula is C18H17N3O3. The molecular weight excluding hydrogens is 306 g/mol. The molecule has 6 nitrogen and oxygen atoms in total. The Hall–Kier alpha value is -2.89. The maximum absolute atomic E-state index is 10.8. The number of nitrogens with zero attached hydrogens (tertiary/aromatic N) is 2.